The highest BCUT2D eigenvalue weighted by molar-refractivity contribution is 5.08. The largest absolute Gasteiger partial charge is 0.314 e. The second-order valence-corrected chi connectivity index (χ2v) is 4.90. The Morgan fingerprint density at radius 3 is 2.94 bits per heavy atom. The lowest BCUT2D eigenvalue weighted by Gasteiger charge is -2.20. The normalized spacial score (nSPS) is 18.8. The van der Waals surface area contributed by atoms with Crippen LogP contribution in [0.4, 0.5) is 0 Å². The fourth-order valence-corrected chi connectivity index (χ4v) is 2.61. The topological polar surface area (TPSA) is 24.9 Å². The highest BCUT2D eigenvalue weighted by atomic mass is 14.9. The molecular formula is C14H22N2. The van der Waals surface area contributed by atoms with Crippen molar-refractivity contribution < 1.29 is 0 Å². The quantitative estimate of drug-likeness (QED) is 0.822. The Balaban J connectivity index is 1.67. The molecule has 0 spiro atoms. The number of pyridine rings is 1. The lowest BCUT2D eigenvalue weighted by molar-refractivity contribution is 0.384. The summed E-state index contributed by atoms with van der Waals surface area (Å²) >= 11 is 0. The minimum Gasteiger partial charge on any atom is -0.314 e. The van der Waals surface area contributed by atoms with Gasteiger partial charge in [-0.3, -0.25) is 4.98 Å². The van der Waals surface area contributed by atoms with Gasteiger partial charge in [0.2, 0.25) is 0 Å². The van der Waals surface area contributed by atoms with Crippen LogP contribution in [-0.2, 0) is 6.42 Å². The number of hydrogen-bond donors (Lipinski definition) is 1. The van der Waals surface area contributed by atoms with Gasteiger partial charge in [0.1, 0.15) is 0 Å². The molecule has 1 aliphatic rings. The van der Waals surface area contributed by atoms with E-state index in [0.29, 0.717) is 6.04 Å². The summed E-state index contributed by atoms with van der Waals surface area (Å²) in [5.74, 6) is 0.911. The van der Waals surface area contributed by atoms with E-state index in [0.717, 1.165) is 18.9 Å². The van der Waals surface area contributed by atoms with Crippen LogP contribution in [0.25, 0.3) is 0 Å². The molecule has 1 aliphatic carbocycles. The molecule has 1 fully saturated rings. The van der Waals surface area contributed by atoms with Gasteiger partial charge in [0.05, 0.1) is 0 Å². The van der Waals surface area contributed by atoms with E-state index < -0.39 is 0 Å². The van der Waals surface area contributed by atoms with E-state index in [2.05, 4.69) is 23.3 Å². The van der Waals surface area contributed by atoms with E-state index in [1.165, 1.54) is 31.2 Å². The summed E-state index contributed by atoms with van der Waals surface area (Å²) < 4.78 is 0. The zero-order chi connectivity index (χ0) is 11.2. The third-order valence-electron chi connectivity index (χ3n) is 3.71. The van der Waals surface area contributed by atoms with E-state index in [9.17, 15) is 0 Å². The molecule has 0 amide bonds. The Kier molecular flexibility index (Phi) is 4.34. The van der Waals surface area contributed by atoms with E-state index in [4.69, 9.17) is 0 Å². The van der Waals surface area contributed by atoms with E-state index in [-0.39, 0.29) is 0 Å². The summed E-state index contributed by atoms with van der Waals surface area (Å²) in [5.41, 5.74) is 1.33. The van der Waals surface area contributed by atoms with Gasteiger partial charge in [-0.05, 0) is 50.3 Å². The van der Waals surface area contributed by atoms with Crippen LogP contribution in [-0.4, -0.2) is 17.6 Å². The SMILES string of the molecule is C[C@@H](NCCc1cccnc1)C1CCCC1. The third-order valence-corrected chi connectivity index (χ3v) is 3.71. The van der Waals surface area contributed by atoms with Gasteiger partial charge in [-0.15, -0.1) is 0 Å². The first-order valence-corrected chi connectivity index (χ1v) is 6.48. The second kappa shape index (κ2) is 6.00. The highest BCUT2D eigenvalue weighted by Gasteiger charge is 2.20. The monoisotopic (exact) mass is 218 g/mol. The number of rotatable bonds is 5. The number of nitrogens with zero attached hydrogens (tertiary/aromatic N) is 1. The number of aromatic nitrogens is 1. The fourth-order valence-electron chi connectivity index (χ4n) is 2.61. The third kappa shape index (κ3) is 3.31. The summed E-state index contributed by atoms with van der Waals surface area (Å²) in [6.45, 7) is 3.41. The molecule has 2 rings (SSSR count). The molecule has 0 aliphatic heterocycles. The molecule has 88 valence electrons. The van der Waals surface area contributed by atoms with Crippen molar-refractivity contribution in [3.63, 3.8) is 0 Å². The van der Waals surface area contributed by atoms with Crippen LogP contribution in [0, 0.1) is 5.92 Å². The molecule has 0 bridgehead atoms. The van der Waals surface area contributed by atoms with Crippen LogP contribution in [0.15, 0.2) is 24.5 Å². The standard InChI is InChI=1S/C14H22N2/c1-12(14-6-2-3-7-14)16-10-8-13-5-4-9-15-11-13/h4-5,9,11-12,14,16H,2-3,6-8,10H2,1H3/t12-/m1/s1. The zero-order valence-corrected chi connectivity index (χ0v) is 10.2. The highest BCUT2D eigenvalue weighted by Crippen LogP contribution is 2.27. The van der Waals surface area contributed by atoms with Crippen LogP contribution in [0.5, 0.6) is 0 Å². The van der Waals surface area contributed by atoms with Gasteiger partial charge in [-0.1, -0.05) is 18.9 Å². The lowest BCUT2D eigenvalue weighted by atomic mass is 10.00. The lowest BCUT2D eigenvalue weighted by Crippen LogP contribution is -2.33. The Morgan fingerprint density at radius 1 is 1.44 bits per heavy atom. The Bertz CT molecular complexity index is 291. The molecule has 1 N–H and O–H groups in total. The smallest absolute Gasteiger partial charge is 0.0300 e. The summed E-state index contributed by atoms with van der Waals surface area (Å²) in [5, 5.41) is 3.65. The Hall–Kier alpha value is -0.890. The molecule has 1 saturated carbocycles. The molecule has 1 heterocycles. The van der Waals surface area contributed by atoms with Crippen LogP contribution in [0.1, 0.15) is 38.2 Å². The van der Waals surface area contributed by atoms with Gasteiger partial charge in [-0.25, -0.2) is 0 Å². The second-order valence-electron chi connectivity index (χ2n) is 4.90. The fraction of sp³-hybridized carbons (Fsp3) is 0.643. The molecular weight excluding hydrogens is 196 g/mol. The van der Waals surface area contributed by atoms with Crippen molar-refractivity contribution in [1.82, 2.24) is 10.3 Å². The first-order valence-electron chi connectivity index (χ1n) is 6.48. The molecule has 1 aromatic rings. The summed E-state index contributed by atoms with van der Waals surface area (Å²) in [6.07, 6.45) is 10.6. The molecule has 0 unspecified atom stereocenters. The molecule has 16 heavy (non-hydrogen) atoms. The summed E-state index contributed by atoms with van der Waals surface area (Å²) in [6, 6.07) is 4.84. The predicted octanol–water partition coefficient (Wildman–Crippen LogP) is 2.79. The number of hydrogen-bond acceptors (Lipinski definition) is 2. The van der Waals surface area contributed by atoms with E-state index in [1.54, 1.807) is 0 Å². The summed E-state index contributed by atoms with van der Waals surface area (Å²) in [7, 11) is 0. The van der Waals surface area contributed by atoms with Gasteiger partial charge < -0.3 is 5.32 Å². The first-order chi connectivity index (χ1) is 7.86. The van der Waals surface area contributed by atoms with Crippen LogP contribution < -0.4 is 5.32 Å². The molecule has 2 nitrogen and oxygen atoms in total. The first kappa shape index (κ1) is 11.6. The van der Waals surface area contributed by atoms with Crippen LogP contribution in [0.3, 0.4) is 0 Å². The average Bonchev–Trinajstić information content (AvgIpc) is 2.84. The molecule has 1 atom stereocenters. The van der Waals surface area contributed by atoms with Crippen LogP contribution >= 0.6 is 0 Å². The molecule has 0 aromatic carbocycles. The zero-order valence-electron chi connectivity index (χ0n) is 10.2. The minimum atomic E-state index is 0.680. The average molecular weight is 218 g/mol. The Morgan fingerprint density at radius 2 is 2.25 bits per heavy atom. The van der Waals surface area contributed by atoms with Crippen molar-refractivity contribution in [3.8, 4) is 0 Å². The minimum absolute atomic E-state index is 0.680. The van der Waals surface area contributed by atoms with E-state index >= 15 is 0 Å². The van der Waals surface area contributed by atoms with Crippen molar-refractivity contribution >= 4 is 0 Å². The van der Waals surface area contributed by atoms with Gasteiger partial charge >= 0.3 is 0 Å². The predicted molar refractivity (Wildman–Crippen MR) is 67.4 cm³/mol. The van der Waals surface area contributed by atoms with Gasteiger partial charge in [0, 0.05) is 18.4 Å². The molecule has 0 radical (unpaired) electrons. The van der Waals surface area contributed by atoms with Gasteiger partial charge in [0.15, 0.2) is 0 Å². The maximum Gasteiger partial charge on any atom is 0.0300 e. The van der Waals surface area contributed by atoms with Crippen molar-refractivity contribution in [1.29, 1.82) is 0 Å². The van der Waals surface area contributed by atoms with Crippen molar-refractivity contribution in [2.24, 2.45) is 5.92 Å². The van der Waals surface area contributed by atoms with Gasteiger partial charge in [0.25, 0.3) is 0 Å². The maximum atomic E-state index is 4.13. The van der Waals surface area contributed by atoms with Crippen molar-refractivity contribution in [3.05, 3.63) is 30.1 Å². The number of nitrogens with one attached hydrogen (secondary N) is 1. The molecule has 2 heteroatoms. The van der Waals surface area contributed by atoms with Gasteiger partial charge in [-0.2, -0.15) is 0 Å². The Labute approximate surface area is 98.5 Å². The molecule has 0 saturated heterocycles. The van der Waals surface area contributed by atoms with Crippen LogP contribution in [0.2, 0.25) is 0 Å². The van der Waals surface area contributed by atoms with Crippen molar-refractivity contribution in [2.45, 2.75) is 45.1 Å². The maximum absolute atomic E-state index is 4.13. The van der Waals surface area contributed by atoms with Crippen molar-refractivity contribution in [2.75, 3.05) is 6.54 Å². The van der Waals surface area contributed by atoms with E-state index in [1.807, 2.05) is 18.5 Å². The summed E-state index contributed by atoms with van der Waals surface area (Å²) in [4.78, 5) is 4.13. The molecule has 1 aromatic heterocycles.